The first-order valence-corrected chi connectivity index (χ1v) is 7.58. The summed E-state index contributed by atoms with van der Waals surface area (Å²) in [5.41, 5.74) is 1.82. The molecule has 1 N–H and O–H groups in total. The van der Waals surface area contributed by atoms with E-state index in [0.717, 1.165) is 31.6 Å². The topological polar surface area (TPSA) is 81.9 Å². The predicted molar refractivity (Wildman–Crippen MR) is 86.3 cm³/mol. The molecular weight excluding hydrogens is 290 g/mol. The number of aryl methyl sites for hydroxylation is 1. The van der Waals surface area contributed by atoms with Crippen molar-refractivity contribution in [3.05, 3.63) is 47.4 Å². The van der Waals surface area contributed by atoms with E-state index in [1.165, 1.54) is 0 Å². The number of carbonyl (C=O) groups excluding carboxylic acids is 1. The second-order valence-corrected chi connectivity index (χ2v) is 5.50. The summed E-state index contributed by atoms with van der Waals surface area (Å²) < 4.78 is 0. The van der Waals surface area contributed by atoms with Crippen molar-refractivity contribution >= 4 is 17.4 Å². The number of nitrogens with zero attached hydrogens (tertiary/aromatic N) is 4. The lowest BCUT2D eigenvalue weighted by molar-refractivity contribution is 0.0786. The third-order valence-electron chi connectivity index (χ3n) is 3.74. The molecule has 116 valence electrons. The lowest BCUT2D eigenvalue weighted by atomic mass is 10.2. The number of carbonyl (C=O) groups is 1. The Morgan fingerprint density at radius 1 is 1.22 bits per heavy atom. The monoisotopic (exact) mass is 307 g/mol. The standard InChI is InChI=1S/C17H17N5O/c1-12-19-15(17(23)22-8-2-3-9-22)10-16(20-12)21-14-6-4-13(11-18)5-7-14/h4-7,10H,2-3,8-9H2,1H3,(H,19,20,21). The highest BCUT2D eigenvalue weighted by Crippen LogP contribution is 2.18. The molecule has 0 saturated carbocycles. The van der Waals surface area contributed by atoms with Gasteiger partial charge in [-0.2, -0.15) is 5.26 Å². The summed E-state index contributed by atoms with van der Waals surface area (Å²) in [5.74, 6) is 1.08. The van der Waals surface area contributed by atoms with Gasteiger partial charge >= 0.3 is 0 Å². The average molecular weight is 307 g/mol. The van der Waals surface area contributed by atoms with Gasteiger partial charge in [0.05, 0.1) is 11.6 Å². The molecule has 0 bridgehead atoms. The quantitative estimate of drug-likeness (QED) is 0.942. The molecule has 6 heteroatoms. The zero-order valence-electron chi connectivity index (χ0n) is 12.9. The van der Waals surface area contributed by atoms with E-state index in [1.807, 2.05) is 4.90 Å². The fourth-order valence-corrected chi connectivity index (χ4v) is 2.60. The zero-order valence-corrected chi connectivity index (χ0v) is 12.9. The third-order valence-corrected chi connectivity index (χ3v) is 3.74. The number of hydrogen-bond acceptors (Lipinski definition) is 5. The van der Waals surface area contributed by atoms with Crippen LogP contribution in [0.25, 0.3) is 0 Å². The van der Waals surface area contributed by atoms with Gasteiger partial charge in [-0.15, -0.1) is 0 Å². The zero-order chi connectivity index (χ0) is 16.2. The molecular formula is C17H17N5O. The molecule has 0 spiro atoms. The Morgan fingerprint density at radius 3 is 2.57 bits per heavy atom. The van der Waals surface area contributed by atoms with Gasteiger partial charge in [0.1, 0.15) is 17.3 Å². The molecule has 0 aliphatic carbocycles. The smallest absolute Gasteiger partial charge is 0.272 e. The number of amides is 1. The number of nitriles is 1. The number of aromatic nitrogens is 2. The van der Waals surface area contributed by atoms with Gasteiger partial charge < -0.3 is 10.2 Å². The van der Waals surface area contributed by atoms with Gasteiger partial charge in [-0.3, -0.25) is 4.79 Å². The Kier molecular flexibility index (Phi) is 4.20. The second-order valence-electron chi connectivity index (χ2n) is 5.50. The maximum atomic E-state index is 12.5. The highest BCUT2D eigenvalue weighted by Gasteiger charge is 2.21. The van der Waals surface area contributed by atoms with Crippen molar-refractivity contribution in [2.75, 3.05) is 18.4 Å². The molecule has 1 aliphatic rings. The van der Waals surface area contributed by atoms with Crippen molar-refractivity contribution < 1.29 is 4.79 Å². The second kappa shape index (κ2) is 6.44. The summed E-state index contributed by atoms with van der Waals surface area (Å²) in [6, 6.07) is 10.8. The van der Waals surface area contributed by atoms with Crippen molar-refractivity contribution in [3.63, 3.8) is 0 Å². The average Bonchev–Trinajstić information content (AvgIpc) is 3.09. The summed E-state index contributed by atoms with van der Waals surface area (Å²) >= 11 is 0. The first-order valence-electron chi connectivity index (χ1n) is 7.58. The van der Waals surface area contributed by atoms with Crippen LogP contribution in [-0.2, 0) is 0 Å². The number of hydrogen-bond donors (Lipinski definition) is 1. The molecule has 0 unspecified atom stereocenters. The van der Waals surface area contributed by atoms with Crippen LogP contribution in [0.5, 0.6) is 0 Å². The van der Waals surface area contributed by atoms with E-state index in [2.05, 4.69) is 21.4 Å². The van der Waals surface area contributed by atoms with Crippen LogP contribution in [0.15, 0.2) is 30.3 Å². The molecule has 2 heterocycles. The van der Waals surface area contributed by atoms with Crippen LogP contribution in [0.4, 0.5) is 11.5 Å². The first kappa shape index (κ1) is 15.0. The molecule has 0 atom stereocenters. The lowest BCUT2D eigenvalue weighted by Gasteiger charge is -2.15. The molecule has 6 nitrogen and oxygen atoms in total. The molecule has 23 heavy (non-hydrogen) atoms. The minimum atomic E-state index is -0.0455. The highest BCUT2D eigenvalue weighted by atomic mass is 16.2. The Hall–Kier alpha value is -2.94. The van der Waals surface area contributed by atoms with Crippen LogP contribution >= 0.6 is 0 Å². The number of nitrogens with one attached hydrogen (secondary N) is 1. The van der Waals surface area contributed by atoms with Crippen molar-refractivity contribution in [2.24, 2.45) is 0 Å². The summed E-state index contributed by atoms with van der Waals surface area (Å²) in [7, 11) is 0. The van der Waals surface area contributed by atoms with Crippen molar-refractivity contribution in [2.45, 2.75) is 19.8 Å². The maximum absolute atomic E-state index is 12.5. The Bertz CT molecular complexity index is 758. The van der Waals surface area contributed by atoms with Crippen LogP contribution in [0.3, 0.4) is 0 Å². The minimum absolute atomic E-state index is 0.0455. The summed E-state index contributed by atoms with van der Waals surface area (Å²) in [6.45, 7) is 3.35. The molecule has 1 aliphatic heterocycles. The number of anilines is 2. The van der Waals surface area contributed by atoms with Crippen LogP contribution < -0.4 is 5.32 Å². The fraction of sp³-hybridized carbons (Fsp3) is 0.294. The Morgan fingerprint density at radius 2 is 1.91 bits per heavy atom. The van der Waals surface area contributed by atoms with E-state index in [1.54, 1.807) is 37.3 Å². The molecule has 2 aromatic rings. The van der Waals surface area contributed by atoms with E-state index in [-0.39, 0.29) is 5.91 Å². The van der Waals surface area contributed by atoms with Crippen LogP contribution in [0.2, 0.25) is 0 Å². The molecule has 3 rings (SSSR count). The van der Waals surface area contributed by atoms with Gasteiger partial charge in [-0.1, -0.05) is 0 Å². The van der Waals surface area contributed by atoms with Gasteiger partial charge in [0.15, 0.2) is 0 Å². The fourth-order valence-electron chi connectivity index (χ4n) is 2.60. The Balaban J connectivity index is 1.82. The molecule has 1 fully saturated rings. The largest absolute Gasteiger partial charge is 0.340 e. The minimum Gasteiger partial charge on any atom is -0.340 e. The van der Waals surface area contributed by atoms with E-state index >= 15 is 0 Å². The predicted octanol–water partition coefficient (Wildman–Crippen LogP) is 2.64. The summed E-state index contributed by atoms with van der Waals surface area (Å²) in [5, 5.41) is 12.0. The molecule has 1 aromatic heterocycles. The molecule has 1 aromatic carbocycles. The number of rotatable bonds is 3. The van der Waals surface area contributed by atoms with Crippen molar-refractivity contribution in [1.82, 2.24) is 14.9 Å². The number of benzene rings is 1. The van der Waals surface area contributed by atoms with Crippen molar-refractivity contribution in [1.29, 1.82) is 5.26 Å². The van der Waals surface area contributed by atoms with Gasteiger partial charge in [0.2, 0.25) is 0 Å². The normalized spacial score (nSPS) is 13.7. The summed E-state index contributed by atoms with van der Waals surface area (Å²) in [4.78, 5) is 22.9. The Labute approximate surface area is 134 Å². The van der Waals surface area contributed by atoms with Crippen LogP contribution in [-0.4, -0.2) is 33.9 Å². The van der Waals surface area contributed by atoms with Crippen molar-refractivity contribution in [3.8, 4) is 6.07 Å². The summed E-state index contributed by atoms with van der Waals surface area (Å²) in [6.07, 6.45) is 2.10. The third kappa shape index (κ3) is 3.46. The first-order chi connectivity index (χ1) is 11.2. The molecule has 1 amide bonds. The van der Waals surface area contributed by atoms with Gasteiger partial charge in [0, 0.05) is 24.8 Å². The van der Waals surface area contributed by atoms with E-state index in [0.29, 0.717) is 22.9 Å². The maximum Gasteiger partial charge on any atom is 0.272 e. The highest BCUT2D eigenvalue weighted by molar-refractivity contribution is 5.93. The van der Waals surface area contributed by atoms with E-state index < -0.39 is 0 Å². The van der Waals surface area contributed by atoms with Gasteiger partial charge in [-0.05, 0) is 44.0 Å². The molecule has 1 saturated heterocycles. The van der Waals surface area contributed by atoms with Gasteiger partial charge in [-0.25, -0.2) is 9.97 Å². The van der Waals surface area contributed by atoms with Crippen LogP contribution in [0, 0.1) is 18.3 Å². The van der Waals surface area contributed by atoms with E-state index in [9.17, 15) is 4.79 Å². The molecule has 0 radical (unpaired) electrons. The SMILES string of the molecule is Cc1nc(Nc2ccc(C#N)cc2)cc(C(=O)N2CCCC2)n1. The van der Waals surface area contributed by atoms with Gasteiger partial charge in [0.25, 0.3) is 5.91 Å². The number of likely N-dealkylation sites (tertiary alicyclic amines) is 1. The lowest BCUT2D eigenvalue weighted by Crippen LogP contribution is -2.28. The van der Waals surface area contributed by atoms with Crippen LogP contribution in [0.1, 0.15) is 34.7 Å². The van der Waals surface area contributed by atoms with E-state index in [4.69, 9.17) is 5.26 Å².